The third kappa shape index (κ3) is 12.5. The lowest BCUT2D eigenvalue weighted by molar-refractivity contribution is -0.434. The minimum Gasteiger partial charge on any atom is -0.505 e. The van der Waals surface area contributed by atoms with Crippen LogP contribution in [0.3, 0.4) is 0 Å². The Morgan fingerprint density at radius 2 is 1.50 bits per heavy atom. The number of nitrogens with one attached hydrogen (secondary N) is 2. The van der Waals surface area contributed by atoms with Gasteiger partial charge in [-0.25, -0.2) is 18.9 Å². The van der Waals surface area contributed by atoms with Crippen LogP contribution in [0.1, 0.15) is 0 Å². The van der Waals surface area contributed by atoms with E-state index in [1.165, 1.54) is 42.5 Å². The quantitative estimate of drug-likeness (QED) is 0.00610. The molecule has 7 N–H and O–H groups in total. The molecule has 0 amide bonds. The summed E-state index contributed by atoms with van der Waals surface area (Å²) in [6, 6.07) is 12.2. The first-order valence-corrected chi connectivity index (χ1v) is 21.7. The number of aromatic hydroxyl groups is 1. The highest BCUT2D eigenvalue weighted by molar-refractivity contribution is 7.94. The van der Waals surface area contributed by atoms with Gasteiger partial charge in [-0.3, -0.25) is 13.3 Å². The van der Waals surface area contributed by atoms with Crippen molar-refractivity contribution in [3.63, 3.8) is 0 Å². The number of hydrogen-bond acceptors (Lipinski definition) is 24. The third-order valence-corrected chi connectivity index (χ3v) is 11.3. The molecule has 320 valence electrons. The van der Waals surface area contributed by atoms with Crippen molar-refractivity contribution in [3.05, 3.63) is 78.8 Å². The molecule has 5 aromatic rings. The molecule has 0 aliphatic rings. The van der Waals surface area contributed by atoms with Gasteiger partial charge in [0.2, 0.25) is 5.95 Å². The average molecular weight is 939 g/mol. The van der Waals surface area contributed by atoms with E-state index in [9.17, 15) is 48.2 Å². The van der Waals surface area contributed by atoms with Crippen LogP contribution < -0.4 is 10.6 Å². The highest BCUT2D eigenvalue weighted by atomic mass is 32.2. The van der Waals surface area contributed by atoms with Crippen LogP contribution in [-0.4, -0.2) is 78.2 Å². The fourth-order valence-corrected chi connectivity index (χ4v) is 7.63. The van der Waals surface area contributed by atoms with E-state index in [-0.39, 0.29) is 80.0 Å². The fourth-order valence-electron chi connectivity index (χ4n) is 4.79. The van der Waals surface area contributed by atoms with Gasteiger partial charge in [-0.1, -0.05) is 10.1 Å². The first-order chi connectivity index (χ1) is 28.4. The summed E-state index contributed by atoms with van der Waals surface area (Å²) in [6.45, 7) is -0.339. The zero-order chi connectivity index (χ0) is 43.7. The minimum atomic E-state index is -5.02. The minimum absolute atomic E-state index is 0.0737. The summed E-state index contributed by atoms with van der Waals surface area (Å²) >= 11 is 0.464. The van der Waals surface area contributed by atoms with Gasteiger partial charge in [0.1, 0.15) is 33.7 Å². The molecule has 0 saturated carbocycles. The molecule has 0 spiro atoms. The van der Waals surface area contributed by atoms with Gasteiger partial charge in [-0.2, -0.15) is 40.7 Å². The number of hydrogen-bond donors (Lipinski definition) is 7. The molecule has 0 atom stereocenters. The molecule has 0 unspecified atom stereocenters. The number of anilines is 3. The van der Waals surface area contributed by atoms with Crippen molar-refractivity contribution >= 4 is 105 Å². The predicted molar refractivity (Wildman–Crippen MR) is 203 cm³/mol. The van der Waals surface area contributed by atoms with Gasteiger partial charge in [0.25, 0.3) is 20.2 Å². The van der Waals surface area contributed by atoms with E-state index in [0.29, 0.717) is 6.07 Å². The maximum Gasteiger partial charge on any atom is 0.313 e. The molecule has 0 saturated heterocycles. The maximum atomic E-state index is 13.7. The standard InChI is InChI=1S/C29H24F2N8O16S5/c30-24-13-25(35-29(31)34-24)33-16-3-8-23(60(48,49)50)21(11-16)37-38-26-19-12-22(56-54-52-41)27(28(40)18(19)6-7-20(26)32-14-59(45,46)47)39-36-15-1-4-17(5-2-15)58(43,44)10-9-51-57-55-53-42/h1-8,11-13,32,40-42H,9-10,14H2,(H,33,34,35)(H,45,46,47)(H,48,49,50). The molecular weight excluding hydrogens is 915 g/mol. The van der Waals surface area contributed by atoms with Crippen molar-refractivity contribution in [2.24, 2.45) is 20.5 Å². The van der Waals surface area contributed by atoms with Gasteiger partial charge in [0, 0.05) is 22.5 Å². The van der Waals surface area contributed by atoms with Gasteiger partial charge < -0.3 is 15.7 Å². The monoisotopic (exact) mass is 938 g/mol. The largest absolute Gasteiger partial charge is 0.505 e. The van der Waals surface area contributed by atoms with E-state index in [2.05, 4.69) is 59.8 Å². The molecule has 0 aliphatic carbocycles. The SMILES string of the molecule is O=S(=O)(O)CNc1ccc2c(O)c(N=Nc3ccc(S(=O)(=O)CCOSOOO)cc3)c(SOOO)cc2c1N=Nc1cc(Nc2cc(F)nc(F)n2)ccc1S(=O)(=O)O. The summed E-state index contributed by atoms with van der Waals surface area (Å²) in [6.07, 6.45) is -1.43. The van der Waals surface area contributed by atoms with E-state index >= 15 is 0 Å². The van der Waals surface area contributed by atoms with Gasteiger partial charge in [-0.05, 0) is 60.7 Å². The summed E-state index contributed by atoms with van der Waals surface area (Å²) in [7, 11) is -13.6. The zero-order valence-electron chi connectivity index (χ0n) is 29.2. The second-order valence-corrected chi connectivity index (χ2v) is 17.3. The molecule has 24 nitrogen and oxygen atoms in total. The number of fused-ring (bicyclic) bond motifs is 1. The van der Waals surface area contributed by atoms with E-state index in [1.54, 1.807) is 0 Å². The Kier molecular flexibility index (Phi) is 15.3. The summed E-state index contributed by atoms with van der Waals surface area (Å²) in [5.41, 5.74) is -1.48. The lowest BCUT2D eigenvalue weighted by atomic mass is 10.1. The molecule has 60 heavy (non-hydrogen) atoms. The number of rotatable bonds is 20. The van der Waals surface area contributed by atoms with Crippen LogP contribution in [0.4, 0.5) is 48.7 Å². The number of nitrogens with zero attached hydrogens (tertiary/aromatic N) is 6. The number of sulfone groups is 1. The van der Waals surface area contributed by atoms with Gasteiger partial charge in [0.05, 0.1) is 45.6 Å². The molecule has 0 aliphatic heterocycles. The summed E-state index contributed by atoms with van der Waals surface area (Å²) in [4.78, 5) is 5.11. The average Bonchev–Trinajstić information content (AvgIpc) is 3.17. The molecule has 1 aromatic heterocycles. The summed E-state index contributed by atoms with van der Waals surface area (Å²) in [5, 5.41) is 56.2. The highest BCUT2D eigenvalue weighted by Crippen LogP contribution is 2.48. The molecular formula is C29H24F2N8O16S5. The van der Waals surface area contributed by atoms with Crippen LogP contribution >= 0.6 is 24.4 Å². The number of halogens is 2. The molecule has 0 fully saturated rings. The van der Waals surface area contributed by atoms with Crippen LogP contribution in [0, 0.1) is 12.0 Å². The van der Waals surface area contributed by atoms with Crippen LogP contribution in [0.25, 0.3) is 10.8 Å². The van der Waals surface area contributed by atoms with Crippen molar-refractivity contribution in [2.75, 3.05) is 28.9 Å². The molecule has 0 radical (unpaired) electrons. The van der Waals surface area contributed by atoms with Crippen LogP contribution in [0.5, 0.6) is 5.75 Å². The van der Waals surface area contributed by atoms with Crippen molar-refractivity contribution in [1.29, 1.82) is 0 Å². The predicted octanol–water partition coefficient (Wildman–Crippen LogP) is 6.89. The highest BCUT2D eigenvalue weighted by Gasteiger charge is 2.22. The smallest absolute Gasteiger partial charge is 0.313 e. The van der Waals surface area contributed by atoms with E-state index in [1.807, 2.05) is 0 Å². The Hall–Kier alpha value is -5.13. The Bertz CT molecular complexity index is 2750. The maximum absolute atomic E-state index is 13.7. The van der Waals surface area contributed by atoms with E-state index < -0.39 is 75.9 Å². The lowest BCUT2D eigenvalue weighted by Crippen LogP contribution is -2.13. The Morgan fingerprint density at radius 1 is 0.783 bits per heavy atom. The summed E-state index contributed by atoms with van der Waals surface area (Å²) < 4.78 is 133. The van der Waals surface area contributed by atoms with Crippen molar-refractivity contribution < 1.29 is 81.7 Å². The van der Waals surface area contributed by atoms with Gasteiger partial charge in [0.15, 0.2) is 27.9 Å². The number of aromatic nitrogens is 2. The van der Waals surface area contributed by atoms with Gasteiger partial charge in [-0.15, -0.1) is 24.0 Å². The zero-order valence-corrected chi connectivity index (χ0v) is 33.3. The van der Waals surface area contributed by atoms with Crippen molar-refractivity contribution in [1.82, 2.24) is 9.97 Å². The molecule has 0 bridgehead atoms. The van der Waals surface area contributed by atoms with E-state index in [4.69, 9.17) is 14.7 Å². The fraction of sp³-hybridized carbons (Fsp3) is 0.103. The van der Waals surface area contributed by atoms with Crippen LogP contribution in [0.15, 0.2) is 102 Å². The lowest BCUT2D eigenvalue weighted by Gasteiger charge is -2.14. The van der Waals surface area contributed by atoms with Crippen molar-refractivity contribution in [3.8, 4) is 5.75 Å². The van der Waals surface area contributed by atoms with E-state index in [0.717, 1.165) is 18.2 Å². The number of azo groups is 2. The topological polar surface area (TPSA) is 349 Å². The normalized spacial score (nSPS) is 12.5. The van der Waals surface area contributed by atoms with Crippen LogP contribution in [0.2, 0.25) is 0 Å². The first-order valence-electron chi connectivity index (χ1n) is 15.6. The van der Waals surface area contributed by atoms with Crippen molar-refractivity contribution in [2.45, 2.75) is 14.7 Å². The van der Waals surface area contributed by atoms with Crippen LogP contribution in [-0.2, 0) is 53.0 Å². The number of benzene rings is 4. The Morgan fingerprint density at radius 3 is 2.17 bits per heavy atom. The number of phenols is 1. The first kappa shape index (κ1) is 45.9. The second-order valence-electron chi connectivity index (χ2n) is 11.1. The van der Waals surface area contributed by atoms with Gasteiger partial charge >= 0.3 is 6.08 Å². The number of phenolic OH excluding ortho intramolecular Hbond substituents is 1. The molecule has 31 heteroatoms. The Labute approximate surface area is 344 Å². The second kappa shape index (κ2) is 20.0. The molecule has 1 heterocycles. The third-order valence-electron chi connectivity index (χ3n) is 7.24. The summed E-state index contributed by atoms with van der Waals surface area (Å²) in [5.74, 6) is -3.87. The Balaban J connectivity index is 1.58. The molecule has 4 aromatic carbocycles. The molecule has 5 rings (SSSR count).